The first-order valence-corrected chi connectivity index (χ1v) is 7.70. The first kappa shape index (κ1) is 15.3. The second-order valence-electron chi connectivity index (χ2n) is 5.92. The first-order chi connectivity index (χ1) is 9.61. The van der Waals surface area contributed by atoms with Crippen molar-refractivity contribution in [3.63, 3.8) is 0 Å². The second-order valence-corrected chi connectivity index (χ2v) is 5.92. The number of benzene rings is 1. The van der Waals surface area contributed by atoms with E-state index in [0.717, 1.165) is 31.4 Å². The van der Waals surface area contributed by atoms with Gasteiger partial charge >= 0.3 is 0 Å². The lowest BCUT2D eigenvalue weighted by Gasteiger charge is -2.39. The Labute approximate surface area is 122 Å². The molecule has 1 aliphatic carbocycles. The molecule has 2 rings (SSSR count). The molecular weight excluding hydrogens is 250 g/mol. The third-order valence-electron chi connectivity index (χ3n) is 4.75. The van der Waals surface area contributed by atoms with E-state index in [1.807, 2.05) is 26.0 Å². The summed E-state index contributed by atoms with van der Waals surface area (Å²) in [5.74, 6) is 1.58. The van der Waals surface area contributed by atoms with Crippen molar-refractivity contribution in [2.24, 2.45) is 0 Å². The van der Waals surface area contributed by atoms with E-state index in [9.17, 15) is 5.11 Å². The van der Waals surface area contributed by atoms with Gasteiger partial charge in [-0.25, -0.2) is 0 Å². The molecule has 0 atom stereocenters. The summed E-state index contributed by atoms with van der Waals surface area (Å²) in [5.41, 5.74) is 0.768. The Morgan fingerprint density at radius 2 is 1.90 bits per heavy atom. The molecule has 1 aliphatic rings. The summed E-state index contributed by atoms with van der Waals surface area (Å²) < 4.78 is 5.43. The molecule has 0 radical (unpaired) electrons. The van der Waals surface area contributed by atoms with Crippen molar-refractivity contribution in [1.29, 1.82) is 0 Å². The van der Waals surface area contributed by atoms with Crippen LogP contribution < -0.4 is 10.1 Å². The number of para-hydroxylation sites is 1. The highest BCUT2D eigenvalue weighted by atomic mass is 16.5. The van der Waals surface area contributed by atoms with Gasteiger partial charge in [0.2, 0.25) is 0 Å². The molecule has 0 saturated heterocycles. The van der Waals surface area contributed by atoms with E-state index in [0.29, 0.717) is 18.5 Å². The number of hydrogen-bond acceptors (Lipinski definition) is 3. The topological polar surface area (TPSA) is 41.5 Å². The Bertz CT molecular complexity index is 423. The molecule has 0 amide bonds. The Hall–Kier alpha value is -1.06. The highest BCUT2D eigenvalue weighted by molar-refractivity contribution is 5.37. The van der Waals surface area contributed by atoms with Crippen molar-refractivity contribution in [3.8, 4) is 5.75 Å². The van der Waals surface area contributed by atoms with Crippen molar-refractivity contribution in [1.82, 2.24) is 5.32 Å². The zero-order valence-electron chi connectivity index (χ0n) is 12.9. The van der Waals surface area contributed by atoms with Crippen LogP contribution in [0.5, 0.6) is 5.75 Å². The van der Waals surface area contributed by atoms with Crippen LogP contribution in [0.1, 0.15) is 51.0 Å². The molecule has 2 N–H and O–H groups in total. The number of hydrogen-bond donors (Lipinski definition) is 2. The van der Waals surface area contributed by atoms with Gasteiger partial charge in [-0.1, -0.05) is 32.0 Å². The number of nitrogens with one attached hydrogen (secondary N) is 1. The van der Waals surface area contributed by atoms with Crippen LogP contribution in [0.15, 0.2) is 24.3 Å². The molecule has 0 aliphatic heterocycles. The molecule has 0 aromatic heterocycles. The van der Waals surface area contributed by atoms with Crippen LogP contribution in [0, 0.1) is 0 Å². The molecule has 20 heavy (non-hydrogen) atoms. The Kier molecular flexibility index (Phi) is 5.06. The SMILES string of the molecule is CCC(O)(CC)CNC1CC(c2ccccc2OC)C1. The molecular formula is C17H27NO2. The number of aliphatic hydroxyl groups is 1. The van der Waals surface area contributed by atoms with Gasteiger partial charge in [0, 0.05) is 12.6 Å². The summed E-state index contributed by atoms with van der Waals surface area (Å²) in [5, 5.41) is 13.8. The summed E-state index contributed by atoms with van der Waals surface area (Å²) in [6, 6.07) is 8.80. The van der Waals surface area contributed by atoms with Gasteiger partial charge in [0.05, 0.1) is 12.7 Å². The van der Waals surface area contributed by atoms with Gasteiger partial charge in [0.1, 0.15) is 5.75 Å². The molecule has 1 aromatic rings. The first-order valence-electron chi connectivity index (χ1n) is 7.70. The minimum absolute atomic E-state index is 0.523. The highest BCUT2D eigenvalue weighted by Crippen LogP contribution is 2.41. The van der Waals surface area contributed by atoms with Crippen molar-refractivity contribution in [2.75, 3.05) is 13.7 Å². The van der Waals surface area contributed by atoms with Gasteiger partial charge < -0.3 is 15.2 Å². The maximum atomic E-state index is 10.3. The molecule has 3 nitrogen and oxygen atoms in total. The fourth-order valence-electron chi connectivity index (χ4n) is 2.88. The lowest BCUT2D eigenvalue weighted by Crippen LogP contribution is -2.48. The quantitative estimate of drug-likeness (QED) is 0.805. The third kappa shape index (κ3) is 3.33. The van der Waals surface area contributed by atoms with Crippen LogP contribution in [-0.4, -0.2) is 30.4 Å². The summed E-state index contributed by atoms with van der Waals surface area (Å²) >= 11 is 0. The molecule has 0 heterocycles. The van der Waals surface area contributed by atoms with Gasteiger partial charge in [-0.2, -0.15) is 0 Å². The minimum Gasteiger partial charge on any atom is -0.496 e. The summed E-state index contributed by atoms with van der Waals surface area (Å²) in [4.78, 5) is 0. The average Bonchev–Trinajstić information content (AvgIpc) is 2.45. The fraction of sp³-hybridized carbons (Fsp3) is 0.647. The van der Waals surface area contributed by atoms with Gasteiger partial charge in [-0.05, 0) is 43.2 Å². The highest BCUT2D eigenvalue weighted by Gasteiger charge is 2.33. The minimum atomic E-state index is -0.546. The van der Waals surface area contributed by atoms with E-state index in [-0.39, 0.29) is 0 Å². The van der Waals surface area contributed by atoms with E-state index in [1.54, 1.807) is 7.11 Å². The predicted octanol–water partition coefficient (Wildman–Crippen LogP) is 3.08. The number of ether oxygens (including phenoxy) is 1. The Morgan fingerprint density at radius 1 is 1.25 bits per heavy atom. The van der Waals surface area contributed by atoms with Crippen LogP contribution in [0.2, 0.25) is 0 Å². The van der Waals surface area contributed by atoms with E-state index < -0.39 is 5.60 Å². The number of rotatable bonds is 7. The van der Waals surface area contributed by atoms with Crippen molar-refractivity contribution >= 4 is 0 Å². The summed E-state index contributed by atoms with van der Waals surface area (Å²) in [6.45, 7) is 4.79. The largest absolute Gasteiger partial charge is 0.496 e. The molecule has 3 heteroatoms. The van der Waals surface area contributed by atoms with Crippen LogP contribution in [0.4, 0.5) is 0 Å². The monoisotopic (exact) mass is 277 g/mol. The molecule has 0 unspecified atom stereocenters. The third-order valence-corrected chi connectivity index (χ3v) is 4.75. The van der Waals surface area contributed by atoms with E-state index in [2.05, 4.69) is 17.4 Å². The fourth-order valence-corrected chi connectivity index (χ4v) is 2.88. The summed E-state index contributed by atoms with van der Waals surface area (Å²) in [7, 11) is 1.73. The molecule has 1 aromatic carbocycles. The maximum Gasteiger partial charge on any atom is 0.122 e. The van der Waals surface area contributed by atoms with Crippen molar-refractivity contribution < 1.29 is 9.84 Å². The molecule has 1 saturated carbocycles. The van der Waals surface area contributed by atoms with E-state index >= 15 is 0 Å². The van der Waals surface area contributed by atoms with Crippen molar-refractivity contribution in [2.45, 2.75) is 57.1 Å². The predicted molar refractivity (Wildman–Crippen MR) is 82.3 cm³/mol. The zero-order chi connectivity index (χ0) is 14.6. The molecule has 0 bridgehead atoms. The standard InChI is InChI=1S/C17H27NO2/c1-4-17(19,5-2)12-18-14-10-13(11-14)15-8-6-7-9-16(15)20-3/h6-9,13-14,18-19H,4-5,10-12H2,1-3H3. The van der Waals surface area contributed by atoms with Gasteiger partial charge in [0.15, 0.2) is 0 Å². The van der Waals surface area contributed by atoms with Crippen LogP contribution in [0.3, 0.4) is 0 Å². The average molecular weight is 277 g/mol. The normalized spacial score (nSPS) is 22.4. The van der Waals surface area contributed by atoms with Crippen LogP contribution >= 0.6 is 0 Å². The van der Waals surface area contributed by atoms with Crippen LogP contribution in [-0.2, 0) is 0 Å². The van der Waals surface area contributed by atoms with E-state index in [1.165, 1.54) is 5.56 Å². The smallest absolute Gasteiger partial charge is 0.122 e. The lowest BCUT2D eigenvalue weighted by molar-refractivity contribution is 0.0260. The zero-order valence-corrected chi connectivity index (χ0v) is 12.9. The lowest BCUT2D eigenvalue weighted by atomic mass is 9.75. The summed E-state index contributed by atoms with van der Waals surface area (Å²) in [6.07, 6.45) is 3.87. The molecule has 112 valence electrons. The van der Waals surface area contributed by atoms with Gasteiger partial charge in [-0.15, -0.1) is 0 Å². The molecule has 1 fully saturated rings. The number of methoxy groups -OCH3 is 1. The van der Waals surface area contributed by atoms with E-state index in [4.69, 9.17) is 4.74 Å². The van der Waals surface area contributed by atoms with Gasteiger partial charge in [-0.3, -0.25) is 0 Å². The maximum absolute atomic E-state index is 10.3. The Morgan fingerprint density at radius 3 is 2.50 bits per heavy atom. The molecule has 0 spiro atoms. The second kappa shape index (κ2) is 6.59. The Balaban J connectivity index is 1.83. The van der Waals surface area contributed by atoms with Gasteiger partial charge in [0.25, 0.3) is 0 Å². The van der Waals surface area contributed by atoms with Crippen molar-refractivity contribution in [3.05, 3.63) is 29.8 Å². The van der Waals surface area contributed by atoms with Crippen LogP contribution in [0.25, 0.3) is 0 Å².